The minimum atomic E-state index is 0.786. The van der Waals surface area contributed by atoms with Gasteiger partial charge in [-0.25, -0.2) is 0 Å². The van der Waals surface area contributed by atoms with Crippen LogP contribution >= 0.6 is 0 Å². The Morgan fingerprint density at radius 2 is 1.86 bits per heavy atom. The quantitative estimate of drug-likeness (QED) is 0.919. The van der Waals surface area contributed by atoms with E-state index in [0.29, 0.717) is 0 Å². The number of ether oxygens (including phenoxy) is 2. The molecule has 0 bridgehead atoms. The smallest absolute Gasteiger partial charge is 0.119 e. The Morgan fingerprint density at radius 3 is 2.59 bits per heavy atom. The van der Waals surface area contributed by atoms with Gasteiger partial charge in [0.25, 0.3) is 0 Å². The summed E-state index contributed by atoms with van der Waals surface area (Å²) in [5.41, 5.74) is 3.59. The molecule has 0 unspecified atom stereocenters. The van der Waals surface area contributed by atoms with Crippen LogP contribution in [0.25, 0.3) is 0 Å². The molecule has 0 aromatic heterocycles. The predicted molar refractivity (Wildman–Crippen MR) is 89.8 cm³/mol. The number of nitrogens with one attached hydrogen (secondary N) is 1. The van der Waals surface area contributed by atoms with E-state index < -0.39 is 0 Å². The topological polar surface area (TPSA) is 33.7 Å². The van der Waals surface area contributed by atoms with Crippen LogP contribution in [0.15, 0.2) is 48.5 Å². The third kappa shape index (κ3) is 3.71. The third-order valence-corrected chi connectivity index (χ3v) is 3.87. The first-order valence-corrected chi connectivity index (χ1v) is 7.65. The monoisotopic (exact) mass is 298 g/mol. The molecule has 4 heteroatoms. The van der Waals surface area contributed by atoms with Crippen molar-refractivity contribution in [2.75, 3.05) is 43.6 Å². The van der Waals surface area contributed by atoms with Gasteiger partial charge in [0, 0.05) is 31.0 Å². The number of rotatable bonds is 5. The maximum atomic E-state index is 5.39. The second kappa shape index (κ2) is 7.18. The SMILES string of the molecule is COc1cccc(CNc2ccc(N3CCOCC3)cc2)c1. The lowest BCUT2D eigenvalue weighted by atomic mass is 10.2. The highest BCUT2D eigenvalue weighted by atomic mass is 16.5. The number of benzene rings is 2. The zero-order valence-corrected chi connectivity index (χ0v) is 12.9. The van der Waals surface area contributed by atoms with E-state index in [1.165, 1.54) is 11.3 Å². The van der Waals surface area contributed by atoms with Crippen molar-refractivity contribution in [3.8, 4) is 5.75 Å². The Labute approximate surface area is 131 Å². The standard InChI is InChI=1S/C18H22N2O2/c1-21-18-4-2-3-15(13-18)14-19-16-5-7-17(8-6-16)20-9-11-22-12-10-20/h2-8,13,19H,9-12,14H2,1H3. The van der Waals surface area contributed by atoms with Gasteiger partial charge in [0.1, 0.15) is 5.75 Å². The molecule has 1 saturated heterocycles. The molecule has 3 rings (SSSR count). The highest BCUT2D eigenvalue weighted by molar-refractivity contribution is 5.55. The Morgan fingerprint density at radius 1 is 1.09 bits per heavy atom. The van der Waals surface area contributed by atoms with Gasteiger partial charge in [-0.15, -0.1) is 0 Å². The average molecular weight is 298 g/mol. The van der Waals surface area contributed by atoms with Gasteiger partial charge >= 0.3 is 0 Å². The summed E-state index contributed by atoms with van der Waals surface area (Å²) in [7, 11) is 1.69. The van der Waals surface area contributed by atoms with E-state index >= 15 is 0 Å². The lowest BCUT2D eigenvalue weighted by Gasteiger charge is -2.28. The maximum absolute atomic E-state index is 5.39. The summed E-state index contributed by atoms with van der Waals surface area (Å²) in [5.74, 6) is 0.891. The van der Waals surface area contributed by atoms with Crippen molar-refractivity contribution in [2.24, 2.45) is 0 Å². The molecule has 0 atom stereocenters. The maximum Gasteiger partial charge on any atom is 0.119 e. The Hall–Kier alpha value is -2.20. The molecule has 1 fully saturated rings. The Balaban J connectivity index is 1.58. The van der Waals surface area contributed by atoms with Crippen LogP contribution in [0.5, 0.6) is 5.75 Å². The highest BCUT2D eigenvalue weighted by Crippen LogP contribution is 2.20. The second-order valence-corrected chi connectivity index (χ2v) is 5.35. The van der Waals surface area contributed by atoms with E-state index in [0.717, 1.165) is 44.3 Å². The molecule has 0 saturated carbocycles. The Kier molecular flexibility index (Phi) is 4.81. The van der Waals surface area contributed by atoms with Crippen LogP contribution < -0.4 is 15.0 Å². The number of methoxy groups -OCH3 is 1. The Bertz CT molecular complexity index is 592. The highest BCUT2D eigenvalue weighted by Gasteiger charge is 2.10. The fourth-order valence-electron chi connectivity index (χ4n) is 2.60. The summed E-state index contributed by atoms with van der Waals surface area (Å²) in [6.45, 7) is 4.35. The van der Waals surface area contributed by atoms with Crippen molar-refractivity contribution in [1.29, 1.82) is 0 Å². The van der Waals surface area contributed by atoms with Crippen LogP contribution in [0.2, 0.25) is 0 Å². The summed E-state index contributed by atoms with van der Waals surface area (Å²) in [6, 6.07) is 16.7. The molecule has 0 amide bonds. The molecule has 4 nitrogen and oxygen atoms in total. The molecular weight excluding hydrogens is 276 g/mol. The molecule has 0 radical (unpaired) electrons. The summed E-state index contributed by atoms with van der Waals surface area (Å²) in [6.07, 6.45) is 0. The molecule has 1 N–H and O–H groups in total. The lowest BCUT2D eigenvalue weighted by Crippen LogP contribution is -2.36. The van der Waals surface area contributed by atoms with E-state index in [1.54, 1.807) is 7.11 Å². The van der Waals surface area contributed by atoms with Gasteiger partial charge in [0.05, 0.1) is 20.3 Å². The zero-order valence-electron chi connectivity index (χ0n) is 12.9. The molecule has 2 aromatic rings. The van der Waals surface area contributed by atoms with E-state index in [2.05, 4.69) is 46.6 Å². The van der Waals surface area contributed by atoms with E-state index in [1.807, 2.05) is 12.1 Å². The lowest BCUT2D eigenvalue weighted by molar-refractivity contribution is 0.122. The molecule has 0 spiro atoms. The largest absolute Gasteiger partial charge is 0.497 e. The van der Waals surface area contributed by atoms with E-state index in [9.17, 15) is 0 Å². The number of anilines is 2. The fourth-order valence-corrected chi connectivity index (χ4v) is 2.60. The van der Waals surface area contributed by atoms with E-state index in [-0.39, 0.29) is 0 Å². The number of nitrogens with zero attached hydrogens (tertiary/aromatic N) is 1. The predicted octanol–water partition coefficient (Wildman–Crippen LogP) is 3.14. The molecule has 0 aliphatic carbocycles. The van der Waals surface area contributed by atoms with Crippen molar-refractivity contribution in [3.63, 3.8) is 0 Å². The first-order valence-electron chi connectivity index (χ1n) is 7.65. The third-order valence-electron chi connectivity index (χ3n) is 3.87. The van der Waals surface area contributed by atoms with Crippen molar-refractivity contribution in [3.05, 3.63) is 54.1 Å². The van der Waals surface area contributed by atoms with Crippen LogP contribution in [0.3, 0.4) is 0 Å². The summed E-state index contributed by atoms with van der Waals surface area (Å²) < 4.78 is 10.6. The van der Waals surface area contributed by atoms with Gasteiger partial charge in [-0.3, -0.25) is 0 Å². The molecule has 116 valence electrons. The number of morpholine rings is 1. The van der Waals surface area contributed by atoms with Crippen LogP contribution in [0.1, 0.15) is 5.56 Å². The van der Waals surface area contributed by atoms with Gasteiger partial charge in [0.2, 0.25) is 0 Å². The molecule has 22 heavy (non-hydrogen) atoms. The first-order chi connectivity index (χ1) is 10.8. The zero-order chi connectivity index (χ0) is 15.2. The summed E-state index contributed by atoms with van der Waals surface area (Å²) in [4.78, 5) is 2.36. The van der Waals surface area contributed by atoms with Crippen LogP contribution in [-0.4, -0.2) is 33.4 Å². The number of hydrogen-bond donors (Lipinski definition) is 1. The summed E-state index contributed by atoms with van der Waals surface area (Å²) >= 11 is 0. The van der Waals surface area contributed by atoms with Crippen LogP contribution in [0, 0.1) is 0 Å². The molecular formula is C18H22N2O2. The van der Waals surface area contributed by atoms with Crippen molar-refractivity contribution >= 4 is 11.4 Å². The molecule has 2 aromatic carbocycles. The van der Waals surface area contributed by atoms with E-state index in [4.69, 9.17) is 9.47 Å². The normalized spacial score (nSPS) is 14.7. The first kappa shape index (κ1) is 14.7. The molecule has 1 aliphatic rings. The van der Waals surface area contributed by atoms with Crippen molar-refractivity contribution < 1.29 is 9.47 Å². The molecule has 1 heterocycles. The summed E-state index contributed by atoms with van der Waals surface area (Å²) in [5, 5.41) is 3.44. The van der Waals surface area contributed by atoms with Crippen molar-refractivity contribution in [1.82, 2.24) is 0 Å². The minimum absolute atomic E-state index is 0.786. The number of hydrogen-bond acceptors (Lipinski definition) is 4. The average Bonchev–Trinajstić information content (AvgIpc) is 2.61. The second-order valence-electron chi connectivity index (χ2n) is 5.35. The van der Waals surface area contributed by atoms with Gasteiger partial charge in [-0.1, -0.05) is 12.1 Å². The van der Waals surface area contributed by atoms with Gasteiger partial charge < -0.3 is 19.7 Å². The van der Waals surface area contributed by atoms with Gasteiger partial charge in [-0.05, 0) is 42.0 Å². The van der Waals surface area contributed by atoms with Crippen LogP contribution in [-0.2, 0) is 11.3 Å². The van der Waals surface area contributed by atoms with Gasteiger partial charge in [0.15, 0.2) is 0 Å². The van der Waals surface area contributed by atoms with Gasteiger partial charge in [-0.2, -0.15) is 0 Å². The fraction of sp³-hybridized carbons (Fsp3) is 0.333. The minimum Gasteiger partial charge on any atom is -0.497 e. The van der Waals surface area contributed by atoms with Crippen LogP contribution in [0.4, 0.5) is 11.4 Å². The molecule has 1 aliphatic heterocycles. The van der Waals surface area contributed by atoms with Crippen molar-refractivity contribution in [2.45, 2.75) is 6.54 Å².